The van der Waals surface area contributed by atoms with E-state index in [9.17, 15) is 13.2 Å². The lowest BCUT2D eigenvalue weighted by Crippen LogP contribution is -2.28. The molecule has 0 bridgehead atoms. The van der Waals surface area contributed by atoms with E-state index in [1.54, 1.807) is 6.07 Å². The third-order valence-electron chi connectivity index (χ3n) is 2.60. The third-order valence-corrected chi connectivity index (χ3v) is 3.09. The van der Waals surface area contributed by atoms with E-state index in [2.05, 4.69) is 33.5 Å². The van der Waals surface area contributed by atoms with Gasteiger partial charge < -0.3 is 10.6 Å². The Hall–Kier alpha value is -0.590. The highest BCUT2D eigenvalue weighted by molar-refractivity contribution is 9.10. The normalized spacial score (nSPS) is 11.8. The lowest BCUT2D eigenvalue weighted by Gasteiger charge is -2.14. The molecule has 0 atom stereocenters. The van der Waals surface area contributed by atoms with Crippen molar-refractivity contribution in [3.63, 3.8) is 0 Å². The minimum Gasteiger partial charge on any atom is -0.315 e. The maximum atomic E-state index is 12.8. The van der Waals surface area contributed by atoms with E-state index in [1.165, 1.54) is 6.07 Å². The van der Waals surface area contributed by atoms with Crippen LogP contribution in [0.25, 0.3) is 0 Å². The van der Waals surface area contributed by atoms with Crippen LogP contribution in [0.4, 0.5) is 13.2 Å². The summed E-state index contributed by atoms with van der Waals surface area (Å²) < 4.78 is 39.0. The average molecular weight is 339 g/mol. The lowest BCUT2D eigenvalue weighted by atomic mass is 10.1. The zero-order valence-corrected chi connectivity index (χ0v) is 12.4. The van der Waals surface area contributed by atoms with Gasteiger partial charge in [-0.15, -0.1) is 0 Å². The van der Waals surface area contributed by atoms with E-state index >= 15 is 0 Å². The van der Waals surface area contributed by atoms with Gasteiger partial charge in [-0.05, 0) is 30.7 Å². The van der Waals surface area contributed by atoms with Gasteiger partial charge in [-0.1, -0.05) is 28.9 Å². The molecule has 0 aliphatic rings. The lowest BCUT2D eigenvalue weighted by molar-refractivity contribution is -0.138. The number of rotatable bonds is 7. The highest BCUT2D eigenvalue weighted by Crippen LogP contribution is 2.33. The van der Waals surface area contributed by atoms with E-state index in [4.69, 9.17) is 0 Å². The Kier molecular flexibility index (Phi) is 6.82. The van der Waals surface area contributed by atoms with Gasteiger partial charge in [0.2, 0.25) is 0 Å². The predicted molar refractivity (Wildman–Crippen MR) is 74.0 cm³/mol. The van der Waals surface area contributed by atoms with Gasteiger partial charge in [0.1, 0.15) is 0 Å². The van der Waals surface area contributed by atoms with Crippen LogP contribution in [0, 0.1) is 0 Å². The molecule has 0 saturated carbocycles. The molecule has 0 aliphatic heterocycles. The zero-order valence-electron chi connectivity index (χ0n) is 10.8. The van der Waals surface area contributed by atoms with Crippen molar-refractivity contribution in [2.24, 2.45) is 0 Å². The second-order valence-electron chi connectivity index (χ2n) is 4.23. The molecular weight excluding hydrogens is 321 g/mol. The third kappa shape index (κ3) is 5.93. The molecule has 0 aliphatic carbocycles. The Labute approximate surface area is 119 Å². The smallest absolute Gasteiger partial charge is 0.315 e. The molecule has 0 radical (unpaired) electrons. The van der Waals surface area contributed by atoms with Crippen molar-refractivity contribution in [3.8, 4) is 0 Å². The van der Waals surface area contributed by atoms with Crippen LogP contribution in [-0.2, 0) is 12.7 Å². The first-order valence-corrected chi connectivity index (χ1v) is 7.01. The molecule has 0 unspecified atom stereocenters. The summed E-state index contributed by atoms with van der Waals surface area (Å²) in [5.74, 6) is 0. The summed E-state index contributed by atoms with van der Waals surface area (Å²) in [6.45, 7) is 4.61. The number of alkyl halides is 3. The van der Waals surface area contributed by atoms with Gasteiger partial charge in [0.15, 0.2) is 0 Å². The van der Waals surface area contributed by atoms with Crippen LogP contribution in [0.15, 0.2) is 22.7 Å². The van der Waals surface area contributed by atoms with Crippen molar-refractivity contribution < 1.29 is 13.2 Å². The SMILES string of the molecule is CCCNCCNCc1ccc(Br)cc1C(F)(F)F. The van der Waals surface area contributed by atoms with Crippen LogP contribution in [-0.4, -0.2) is 19.6 Å². The van der Waals surface area contributed by atoms with Crippen LogP contribution in [0.1, 0.15) is 24.5 Å². The van der Waals surface area contributed by atoms with Gasteiger partial charge in [0.25, 0.3) is 0 Å². The highest BCUT2D eigenvalue weighted by Gasteiger charge is 2.33. The summed E-state index contributed by atoms with van der Waals surface area (Å²) in [5.41, 5.74) is -0.318. The van der Waals surface area contributed by atoms with Gasteiger partial charge in [-0.25, -0.2) is 0 Å². The largest absolute Gasteiger partial charge is 0.416 e. The van der Waals surface area contributed by atoms with Crippen LogP contribution in [0.3, 0.4) is 0 Å². The summed E-state index contributed by atoms with van der Waals surface area (Å²) in [5, 5.41) is 6.20. The number of halogens is 4. The monoisotopic (exact) mass is 338 g/mol. The van der Waals surface area contributed by atoms with Gasteiger partial charge in [-0.2, -0.15) is 13.2 Å². The molecule has 0 spiro atoms. The van der Waals surface area contributed by atoms with Crippen LogP contribution in [0.5, 0.6) is 0 Å². The Morgan fingerprint density at radius 2 is 1.79 bits per heavy atom. The molecule has 108 valence electrons. The maximum Gasteiger partial charge on any atom is 0.416 e. The molecule has 1 rings (SSSR count). The van der Waals surface area contributed by atoms with Crippen molar-refractivity contribution >= 4 is 15.9 Å². The molecule has 2 N–H and O–H groups in total. The van der Waals surface area contributed by atoms with Gasteiger partial charge in [0.05, 0.1) is 5.56 Å². The Bertz CT molecular complexity index is 394. The predicted octanol–water partition coefficient (Wildman–Crippen LogP) is 3.56. The van der Waals surface area contributed by atoms with E-state index in [0.29, 0.717) is 11.0 Å². The number of benzene rings is 1. The minimum absolute atomic E-state index is 0.218. The summed E-state index contributed by atoms with van der Waals surface area (Å²) in [7, 11) is 0. The van der Waals surface area contributed by atoms with E-state index in [-0.39, 0.29) is 12.1 Å². The van der Waals surface area contributed by atoms with Gasteiger partial charge in [0, 0.05) is 24.1 Å². The van der Waals surface area contributed by atoms with Crippen molar-refractivity contribution in [3.05, 3.63) is 33.8 Å². The molecular formula is C13H18BrF3N2. The molecule has 6 heteroatoms. The molecule has 19 heavy (non-hydrogen) atoms. The number of nitrogens with one attached hydrogen (secondary N) is 2. The van der Waals surface area contributed by atoms with Crippen molar-refractivity contribution in [2.45, 2.75) is 26.1 Å². The minimum atomic E-state index is -4.32. The quantitative estimate of drug-likeness (QED) is 0.743. The molecule has 0 saturated heterocycles. The summed E-state index contributed by atoms with van der Waals surface area (Å²) >= 11 is 3.07. The highest BCUT2D eigenvalue weighted by atomic mass is 79.9. The van der Waals surface area contributed by atoms with Gasteiger partial charge in [-0.3, -0.25) is 0 Å². The summed E-state index contributed by atoms with van der Waals surface area (Å²) in [6, 6.07) is 4.24. The molecule has 0 fully saturated rings. The molecule has 2 nitrogen and oxygen atoms in total. The van der Waals surface area contributed by atoms with E-state index < -0.39 is 11.7 Å². The maximum absolute atomic E-state index is 12.8. The fraction of sp³-hybridized carbons (Fsp3) is 0.538. The second-order valence-corrected chi connectivity index (χ2v) is 5.14. The fourth-order valence-corrected chi connectivity index (χ4v) is 2.03. The molecule has 0 heterocycles. The van der Waals surface area contributed by atoms with Crippen LogP contribution >= 0.6 is 15.9 Å². The second kappa shape index (κ2) is 7.87. The number of hydrogen-bond acceptors (Lipinski definition) is 2. The first-order chi connectivity index (χ1) is 8.95. The molecule has 0 aromatic heterocycles. The fourth-order valence-electron chi connectivity index (χ4n) is 1.67. The Balaban J connectivity index is 2.54. The molecule has 1 aromatic carbocycles. The first kappa shape index (κ1) is 16.5. The van der Waals surface area contributed by atoms with Crippen molar-refractivity contribution in [1.29, 1.82) is 0 Å². The van der Waals surface area contributed by atoms with Crippen LogP contribution in [0.2, 0.25) is 0 Å². The van der Waals surface area contributed by atoms with Crippen molar-refractivity contribution in [1.82, 2.24) is 10.6 Å². The van der Waals surface area contributed by atoms with Crippen molar-refractivity contribution in [2.75, 3.05) is 19.6 Å². The zero-order chi connectivity index (χ0) is 14.3. The first-order valence-electron chi connectivity index (χ1n) is 6.22. The Morgan fingerprint density at radius 1 is 1.11 bits per heavy atom. The van der Waals surface area contributed by atoms with E-state index in [0.717, 1.165) is 25.6 Å². The Morgan fingerprint density at radius 3 is 2.42 bits per heavy atom. The average Bonchev–Trinajstić information content (AvgIpc) is 2.34. The molecule has 1 aromatic rings. The number of hydrogen-bond donors (Lipinski definition) is 2. The summed E-state index contributed by atoms with van der Waals surface area (Å²) in [6.07, 6.45) is -3.27. The van der Waals surface area contributed by atoms with E-state index in [1.807, 2.05) is 0 Å². The molecule has 0 amide bonds. The summed E-state index contributed by atoms with van der Waals surface area (Å²) in [4.78, 5) is 0. The van der Waals surface area contributed by atoms with Gasteiger partial charge >= 0.3 is 6.18 Å². The topological polar surface area (TPSA) is 24.1 Å². The van der Waals surface area contributed by atoms with Crippen LogP contribution < -0.4 is 10.6 Å². The standard InChI is InChI=1S/C13H18BrF3N2/c1-2-5-18-6-7-19-9-10-3-4-11(14)8-12(10)13(15,16)17/h3-4,8,18-19H,2,5-7,9H2,1H3.